The number of carbonyl (C=O) groups excluding carboxylic acids is 1. The molecule has 104 valence electrons. The third kappa shape index (κ3) is 4.67. The summed E-state index contributed by atoms with van der Waals surface area (Å²) in [6, 6.07) is 8.37. The topological polar surface area (TPSA) is 55.1 Å². The minimum absolute atomic E-state index is 0.146. The largest absolute Gasteiger partial charge is 0.353 e. The predicted molar refractivity (Wildman–Crippen MR) is 77.7 cm³/mol. The Kier molecular flexibility index (Phi) is 5.40. The van der Waals surface area contributed by atoms with Gasteiger partial charge in [0.25, 0.3) is 0 Å². The lowest BCUT2D eigenvalue weighted by Gasteiger charge is -2.16. The van der Waals surface area contributed by atoms with Crippen molar-refractivity contribution in [3.8, 4) is 0 Å². The van der Waals surface area contributed by atoms with Crippen LogP contribution in [0.15, 0.2) is 24.3 Å². The summed E-state index contributed by atoms with van der Waals surface area (Å²) in [5, 5.41) is 3.17. The molecular formula is C16H24N2O. The Balaban J connectivity index is 1.82. The van der Waals surface area contributed by atoms with Gasteiger partial charge in [-0.25, -0.2) is 0 Å². The van der Waals surface area contributed by atoms with E-state index in [2.05, 4.69) is 5.32 Å². The Morgan fingerprint density at radius 3 is 2.21 bits per heavy atom. The number of hydrogen-bond acceptors (Lipinski definition) is 2. The first-order valence-corrected chi connectivity index (χ1v) is 7.35. The van der Waals surface area contributed by atoms with Gasteiger partial charge in [-0.3, -0.25) is 4.79 Å². The lowest BCUT2D eigenvalue weighted by molar-refractivity contribution is -0.121. The zero-order valence-electron chi connectivity index (χ0n) is 11.5. The van der Waals surface area contributed by atoms with Gasteiger partial charge < -0.3 is 11.1 Å². The molecule has 19 heavy (non-hydrogen) atoms. The summed E-state index contributed by atoms with van der Waals surface area (Å²) in [5.74, 6) is 0.146. The van der Waals surface area contributed by atoms with E-state index in [0.29, 0.717) is 19.0 Å². The molecule has 1 aromatic rings. The second-order valence-electron chi connectivity index (χ2n) is 5.45. The van der Waals surface area contributed by atoms with E-state index in [1.54, 1.807) is 0 Å². The number of nitrogens with two attached hydrogens (primary N) is 1. The number of carbonyl (C=O) groups is 1. The fraction of sp³-hybridized carbons (Fsp3) is 0.562. The van der Waals surface area contributed by atoms with E-state index in [1.165, 1.54) is 25.7 Å². The highest BCUT2D eigenvalue weighted by atomic mass is 16.1. The van der Waals surface area contributed by atoms with Gasteiger partial charge in [0.15, 0.2) is 0 Å². The van der Waals surface area contributed by atoms with Crippen LogP contribution in [0.4, 0.5) is 0 Å². The van der Waals surface area contributed by atoms with Gasteiger partial charge in [0, 0.05) is 12.6 Å². The zero-order chi connectivity index (χ0) is 13.5. The Hall–Kier alpha value is -1.35. The molecule has 1 amide bonds. The molecule has 3 heteroatoms. The van der Waals surface area contributed by atoms with Crippen LogP contribution in [0.5, 0.6) is 0 Å². The first kappa shape index (κ1) is 14.1. The molecule has 0 unspecified atom stereocenters. The highest BCUT2D eigenvalue weighted by molar-refractivity contribution is 5.78. The molecule has 1 aliphatic carbocycles. The van der Waals surface area contributed by atoms with Gasteiger partial charge in [0.05, 0.1) is 6.42 Å². The molecule has 1 saturated carbocycles. The van der Waals surface area contributed by atoms with Crippen molar-refractivity contribution in [1.82, 2.24) is 5.32 Å². The van der Waals surface area contributed by atoms with Crippen LogP contribution in [0, 0.1) is 0 Å². The minimum atomic E-state index is 0.146. The number of rotatable bonds is 4. The van der Waals surface area contributed by atoms with Crippen LogP contribution in [0.25, 0.3) is 0 Å². The van der Waals surface area contributed by atoms with E-state index >= 15 is 0 Å². The average molecular weight is 260 g/mol. The van der Waals surface area contributed by atoms with Gasteiger partial charge in [0.1, 0.15) is 0 Å². The molecule has 1 aliphatic rings. The van der Waals surface area contributed by atoms with Crippen molar-refractivity contribution in [2.75, 3.05) is 0 Å². The second kappa shape index (κ2) is 7.29. The number of nitrogens with one attached hydrogen (secondary N) is 1. The fourth-order valence-electron chi connectivity index (χ4n) is 2.68. The van der Waals surface area contributed by atoms with E-state index < -0.39 is 0 Å². The van der Waals surface area contributed by atoms with Crippen LogP contribution in [0.1, 0.15) is 49.7 Å². The van der Waals surface area contributed by atoms with Crippen molar-refractivity contribution < 1.29 is 4.79 Å². The number of amides is 1. The maximum atomic E-state index is 12.0. The maximum Gasteiger partial charge on any atom is 0.224 e. The fourth-order valence-corrected chi connectivity index (χ4v) is 2.68. The Morgan fingerprint density at radius 1 is 1.05 bits per heavy atom. The quantitative estimate of drug-likeness (QED) is 0.817. The van der Waals surface area contributed by atoms with Gasteiger partial charge in [-0.1, -0.05) is 49.9 Å². The summed E-state index contributed by atoms with van der Waals surface area (Å²) in [7, 11) is 0. The van der Waals surface area contributed by atoms with E-state index in [0.717, 1.165) is 24.0 Å². The van der Waals surface area contributed by atoms with E-state index in [4.69, 9.17) is 5.73 Å². The van der Waals surface area contributed by atoms with Gasteiger partial charge in [-0.15, -0.1) is 0 Å². The molecular weight excluding hydrogens is 236 g/mol. The van der Waals surface area contributed by atoms with E-state index in [1.807, 2.05) is 24.3 Å². The van der Waals surface area contributed by atoms with E-state index in [-0.39, 0.29) is 5.91 Å². The third-order valence-electron chi connectivity index (χ3n) is 3.84. The van der Waals surface area contributed by atoms with Crippen molar-refractivity contribution in [2.24, 2.45) is 5.73 Å². The first-order valence-electron chi connectivity index (χ1n) is 7.35. The zero-order valence-corrected chi connectivity index (χ0v) is 11.5. The standard InChI is InChI=1S/C16H24N2O/c17-12-14-9-7-13(8-10-14)11-16(19)18-15-5-3-1-2-4-6-15/h7-10,15H,1-6,11-12,17H2,(H,18,19). The molecule has 0 saturated heterocycles. The summed E-state index contributed by atoms with van der Waals surface area (Å²) in [6.45, 7) is 0.550. The smallest absolute Gasteiger partial charge is 0.224 e. The van der Waals surface area contributed by atoms with Crippen molar-refractivity contribution in [1.29, 1.82) is 0 Å². The minimum Gasteiger partial charge on any atom is -0.353 e. The Morgan fingerprint density at radius 2 is 1.63 bits per heavy atom. The summed E-state index contributed by atoms with van der Waals surface area (Å²) in [6.07, 6.45) is 7.86. The SMILES string of the molecule is NCc1ccc(CC(=O)NC2CCCCCC2)cc1. The van der Waals surface area contributed by atoms with Crippen LogP contribution in [0.2, 0.25) is 0 Å². The van der Waals surface area contributed by atoms with Gasteiger partial charge in [0.2, 0.25) is 5.91 Å². The van der Waals surface area contributed by atoms with Crippen LogP contribution >= 0.6 is 0 Å². The summed E-state index contributed by atoms with van der Waals surface area (Å²) >= 11 is 0. The van der Waals surface area contributed by atoms with Gasteiger partial charge in [-0.05, 0) is 24.0 Å². The molecule has 0 atom stereocenters. The average Bonchev–Trinajstić information content (AvgIpc) is 2.68. The normalized spacial score (nSPS) is 16.9. The van der Waals surface area contributed by atoms with Gasteiger partial charge >= 0.3 is 0 Å². The summed E-state index contributed by atoms with van der Waals surface area (Å²) in [4.78, 5) is 12.0. The molecule has 0 radical (unpaired) electrons. The molecule has 0 aromatic heterocycles. The maximum absolute atomic E-state index is 12.0. The molecule has 3 N–H and O–H groups in total. The molecule has 0 aliphatic heterocycles. The second-order valence-corrected chi connectivity index (χ2v) is 5.45. The van der Waals surface area contributed by atoms with Crippen LogP contribution in [-0.2, 0) is 17.8 Å². The third-order valence-corrected chi connectivity index (χ3v) is 3.84. The van der Waals surface area contributed by atoms with Crippen molar-refractivity contribution in [2.45, 2.75) is 57.5 Å². The molecule has 3 nitrogen and oxygen atoms in total. The molecule has 0 spiro atoms. The summed E-state index contributed by atoms with van der Waals surface area (Å²) in [5.41, 5.74) is 7.72. The van der Waals surface area contributed by atoms with E-state index in [9.17, 15) is 4.79 Å². The highest BCUT2D eigenvalue weighted by Crippen LogP contribution is 2.17. The lowest BCUT2D eigenvalue weighted by atomic mass is 10.1. The predicted octanol–water partition coefficient (Wildman–Crippen LogP) is 2.53. The molecule has 2 rings (SSSR count). The lowest BCUT2D eigenvalue weighted by Crippen LogP contribution is -2.35. The number of benzene rings is 1. The Bertz CT molecular complexity index is 392. The first-order chi connectivity index (χ1) is 9.28. The van der Waals surface area contributed by atoms with Crippen LogP contribution < -0.4 is 11.1 Å². The number of hydrogen-bond donors (Lipinski definition) is 2. The molecule has 0 bridgehead atoms. The van der Waals surface area contributed by atoms with Gasteiger partial charge in [-0.2, -0.15) is 0 Å². The summed E-state index contributed by atoms with van der Waals surface area (Å²) < 4.78 is 0. The molecule has 0 heterocycles. The monoisotopic (exact) mass is 260 g/mol. The van der Waals surface area contributed by atoms with Crippen molar-refractivity contribution >= 4 is 5.91 Å². The molecule has 1 aromatic carbocycles. The van der Waals surface area contributed by atoms with Crippen molar-refractivity contribution in [3.05, 3.63) is 35.4 Å². The van der Waals surface area contributed by atoms with Crippen LogP contribution in [-0.4, -0.2) is 11.9 Å². The highest BCUT2D eigenvalue weighted by Gasteiger charge is 2.14. The van der Waals surface area contributed by atoms with Crippen LogP contribution in [0.3, 0.4) is 0 Å². The molecule has 1 fully saturated rings. The Labute approximate surface area is 115 Å². The van der Waals surface area contributed by atoms with Crippen molar-refractivity contribution in [3.63, 3.8) is 0 Å².